The molecule has 1 N–H and O–H groups in total. The third-order valence-electron chi connectivity index (χ3n) is 4.01. The number of fused-ring (bicyclic) bond motifs is 1. The van der Waals surface area contributed by atoms with Gasteiger partial charge < -0.3 is 4.98 Å². The fourth-order valence-corrected chi connectivity index (χ4v) is 3.73. The Balaban J connectivity index is 1.73. The number of aromatic amines is 1. The number of rotatable bonds is 5. The summed E-state index contributed by atoms with van der Waals surface area (Å²) in [5.74, 6) is 0. The Kier molecular flexibility index (Phi) is 4.24. The highest BCUT2D eigenvalue weighted by Crippen LogP contribution is 2.18. The average molecular weight is 328 g/mol. The van der Waals surface area contributed by atoms with Crippen LogP contribution >= 0.6 is 0 Å². The molecule has 23 heavy (non-hydrogen) atoms. The lowest BCUT2D eigenvalue weighted by Gasteiger charge is -2.17. The van der Waals surface area contributed by atoms with Gasteiger partial charge >= 0.3 is 0 Å². The summed E-state index contributed by atoms with van der Waals surface area (Å²) in [6.07, 6.45) is 0.649. The van der Waals surface area contributed by atoms with E-state index in [2.05, 4.69) is 11.1 Å². The lowest BCUT2D eigenvalue weighted by atomic mass is 10.2. The standard InChI is InChI=1S/C18H20N2O2S/c1-14-7-9-17(10-8-14)23(21,22)20(2)12-11-16-13-15-5-3-4-6-18(15)19-16/h3-10,13,19H,11-12H2,1-2H3. The summed E-state index contributed by atoms with van der Waals surface area (Å²) < 4.78 is 26.5. The Hall–Kier alpha value is -2.11. The van der Waals surface area contributed by atoms with E-state index in [-0.39, 0.29) is 0 Å². The Bertz CT molecular complexity index is 879. The van der Waals surface area contributed by atoms with Crippen LogP contribution in [0.3, 0.4) is 0 Å². The summed E-state index contributed by atoms with van der Waals surface area (Å²) in [5.41, 5.74) is 3.16. The van der Waals surface area contributed by atoms with Crippen LogP contribution in [0.25, 0.3) is 10.9 Å². The first-order valence-corrected chi connectivity index (χ1v) is 9.00. The predicted octanol–water partition coefficient (Wildman–Crippen LogP) is 3.34. The molecule has 0 spiro atoms. The number of likely N-dealkylation sites (N-methyl/N-ethyl adjacent to an activating group) is 1. The van der Waals surface area contributed by atoms with Gasteiger partial charge in [0.15, 0.2) is 0 Å². The first-order valence-electron chi connectivity index (χ1n) is 7.56. The van der Waals surface area contributed by atoms with Crippen LogP contribution in [0, 0.1) is 6.92 Å². The maximum Gasteiger partial charge on any atom is 0.242 e. The van der Waals surface area contributed by atoms with E-state index >= 15 is 0 Å². The van der Waals surface area contributed by atoms with Crippen LogP contribution in [-0.2, 0) is 16.4 Å². The van der Waals surface area contributed by atoms with E-state index < -0.39 is 10.0 Å². The minimum absolute atomic E-state index is 0.335. The average Bonchev–Trinajstić information content (AvgIpc) is 2.95. The van der Waals surface area contributed by atoms with E-state index in [1.165, 1.54) is 4.31 Å². The smallest absolute Gasteiger partial charge is 0.242 e. The van der Waals surface area contributed by atoms with Crippen molar-refractivity contribution in [3.8, 4) is 0 Å². The lowest BCUT2D eigenvalue weighted by Crippen LogP contribution is -2.29. The predicted molar refractivity (Wildman–Crippen MR) is 93.0 cm³/mol. The number of para-hydroxylation sites is 1. The third-order valence-corrected chi connectivity index (χ3v) is 5.88. The summed E-state index contributed by atoms with van der Waals surface area (Å²) in [6.45, 7) is 2.37. The van der Waals surface area contributed by atoms with Gasteiger partial charge in [-0.15, -0.1) is 0 Å². The molecule has 0 bridgehead atoms. The summed E-state index contributed by atoms with van der Waals surface area (Å²) in [5, 5.41) is 1.14. The van der Waals surface area contributed by atoms with Crippen LogP contribution in [0.1, 0.15) is 11.3 Å². The largest absolute Gasteiger partial charge is 0.358 e. The van der Waals surface area contributed by atoms with Crippen LogP contribution in [0.15, 0.2) is 59.5 Å². The number of sulfonamides is 1. The molecule has 0 fully saturated rings. The molecule has 0 unspecified atom stereocenters. The second kappa shape index (κ2) is 6.18. The first kappa shape index (κ1) is 15.8. The number of aryl methyl sites for hydroxylation is 1. The van der Waals surface area contributed by atoms with Crippen molar-refractivity contribution in [2.75, 3.05) is 13.6 Å². The molecule has 4 nitrogen and oxygen atoms in total. The molecule has 0 amide bonds. The molecule has 1 heterocycles. The van der Waals surface area contributed by atoms with Gasteiger partial charge in [0.05, 0.1) is 4.90 Å². The van der Waals surface area contributed by atoms with Crippen LogP contribution in [0.5, 0.6) is 0 Å². The zero-order chi connectivity index (χ0) is 16.4. The van der Waals surface area contributed by atoms with E-state index in [9.17, 15) is 8.42 Å². The summed E-state index contributed by atoms with van der Waals surface area (Å²) in [7, 11) is -1.81. The molecule has 0 aliphatic rings. The molecule has 0 aliphatic heterocycles. The van der Waals surface area contributed by atoms with Gasteiger partial charge in [-0.3, -0.25) is 0 Å². The molecular formula is C18H20N2O2S. The molecule has 5 heteroatoms. The summed E-state index contributed by atoms with van der Waals surface area (Å²) in [6, 6.07) is 17.1. The Morgan fingerprint density at radius 1 is 1.04 bits per heavy atom. The lowest BCUT2D eigenvalue weighted by molar-refractivity contribution is 0.471. The second-order valence-electron chi connectivity index (χ2n) is 5.77. The van der Waals surface area contributed by atoms with Crippen molar-refractivity contribution < 1.29 is 8.42 Å². The van der Waals surface area contributed by atoms with Gasteiger partial charge in [-0.05, 0) is 36.6 Å². The Morgan fingerprint density at radius 2 is 1.74 bits per heavy atom. The molecule has 2 aromatic carbocycles. The zero-order valence-electron chi connectivity index (χ0n) is 13.3. The van der Waals surface area contributed by atoms with Crippen molar-refractivity contribution in [2.24, 2.45) is 0 Å². The molecular weight excluding hydrogens is 308 g/mol. The number of nitrogens with zero attached hydrogens (tertiary/aromatic N) is 1. The first-order chi connectivity index (χ1) is 11.0. The van der Waals surface area contributed by atoms with Crippen LogP contribution in [-0.4, -0.2) is 31.3 Å². The zero-order valence-corrected chi connectivity index (χ0v) is 14.1. The fraction of sp³-hybridized carbons (Fsp3) is 0.222. The van der Waals surface area contributed by atoms with E-state index in [1.54, 1.807) is 19.2 Å². The molecule has 0 saturated carbocycles. The normalized spacial score (nSPS) is 12.1. The molecule has 0 saturated heterocycles. The molecule has 0 radical (unpaired) electrons. The van der Waals surface area contributed by atoms with Gasteiger partial charge in [-0.25, -0.2) is 12.7 Å². The SMILES string of the molecule is Cc1ccc(S(=O)(=O)N(C)CCc2cc3ccccc3[nH]2)cc1. The third kappa shape index (κ3) is 3.30. The van der Waals surface area contributed by atoms with Gasteiger partial charge in [0, 0.05) is 31.2 Å². The minimum Gasteiger partial charge on any atom is -0.358 e. The highest BCUT2D eigenvalue weighted by Gasteiger charge is 2.20. The van der Waals surface area contributed by atoms with Gasteiger partial charge in [0.25, 0.3) is 0 Å². The van der Waals surface area contributed by atoms with Crippen LogP contribution in [0.2, 0.25) is 0 Å². The number of nitrogens with one attached hydrogen (secondary N) is 1. The maximum absolute atomic E-state index is 12.6. The van der Waals surface area contributed by atoms with E-state index in [0.717, 1.165) is 22.2 Å². The van der Waals surface area contributed by atoms with Crippen molar-refractivity contribution in [1.29, 1.82) is 0 Å². The van der Waals surface area contributed by atoms with E-state index in [4.69, 9.17) is 0 Å². The topological polar surface area (TPSA) is 53.2 Å². The minimum atomic E-state index is -3.44. The quantitative estimate of drug-likeness (QED) is 0.781. The van der Waals surface area contributed by atoms with Crippen molar-refractivity contribution in [2.45, 2.75) is 18.2 Å². The Labute approximate surface area is 136 Å². The Morgan fingerprint density at radius 3 is 2.43 bits per heavy atom. The monoisotopic (exact) mass is 328 g/mol. The second-order valence-corrected chi connectivity index (χ2v) is 7.82. The van der Waals surface area contributed by atoms with Gasteiger partial charge in [0.1, 0.15) is 0 Å². The molecule has 0 atom stereocenters. The van der Waals surface area contributed by atoms with E-state index in [1.807, 2.05) is 43.3 Å². The number of H-pyrrole nitrogens is 1. The highest BCUT2D eigenvalue weighted by atomic mass is 32.2. The number of hydrogen-bond acceptors (Lipinski definition) is 2. The van der Waals surface area contributed by atoms with Gasteiger partial charge in [0.2, 0.25) is 10.0 Å². The van der Waals surface area contributed by atoms with Crippen molar-refractivity contribution >= 4 is 20.9 Å². The molecule has 0 aliphatic carbocycles. The number of benzene rings is 2. The fourth-order valence-electron chi connectivity index (χ4n) is 2.56. The van der Waals surface area contributed by atoms with Crippen LogP contribution < -0.4 is 0 Å². The van der Waals surface area contributed by atoms with Crippen molar-refractivity contribution in [1.82, 2.24) is 9.29 Å². The number of hydrogen-bond donors (Lipinski definition) is 1. The van der Waals surface area contributed by atoms with Crippen molar-refractivity contribution in [3.63, 3.8) is 0 Å². The van der Waals surface area contributed by atoms with Crippen molar-refractivity contribution in [3.05, 3.63) is 65.9 Å². The van der Waals surface area contributed by atoms with Gasteiger partial charge in [-0.1, -0.05) is 35.9 Å². The maximum atomic E-state index is 12.6. The molecule has 3 rings (SSSR count). The van der Waals surface area contributed by atoms with Crippen LogP contribution in [0.4, 0.5) is 0 Å². The summed E-state index contributed by atoms with van der Waals surface area (Å²) >= 11 is 0. The van der Waals surface area contributed by atoms with Gasteiger partial charge in [-0.2, -0.15) is 0 Å². The highest BCUT2D eigenvalue weighted by molar-refractivity contribution is 7.89. The molecule has 120 valence electrons. The molecule has 3 aromatic rings. The molecule has 1 aromatic heterocycles. The number of aromatic nitrogens is 1. The summed E-state index contributed by atoms with van der Waals surface area (Å²) in [4.78, 5) is 3.66. The van der Waals surface area contributed by atoms with E-state index in [0.29, 0.717) is 17.9 Å².